The molecule has 3 aromatic rings. The zero-order chi connectivity index (χ0) is 22.0. The largest absolute Gasteiger partial charge is 0.495 e. The minimum atomic E-state index is -0.638. The zero-order valence-electron chi connectivity index (χ0n) is 16.7. The molecule has 156 valence electrons. The van der Waals surface area contributed by atoms with E-state index >= 15 is 0 Å². The van der Waals surface area contributed by atoms with Gasteiger partial charge in [-0.1, -0.05) is 22.8 Å². The summed E-state index contributed by atoms with van der Waals surface area (Å²) in [5, 5.41) is 6.61. The van der Waals surface area contributed by atoms with Crippen molar-refractivity contribution in [2.24, 2.45) is 0 Å². The lowest BCUT2D eigenvalue weighted by molar-refractivity contribution is 0.0827. The summed E-state index contributed by atoms with van der Waals surface area (Å²) in [6, 6.07) is 8.81. The lowest BCUT2D eigenvalue weighted by atomic mass is 10.0. The fourth-order valence-electron chi connectivity index (χ4n) is 2.92. The van der Waals surface area contributed by atoms with Crippen molar-refractivity contribution in [3.8, 4) is 17.0 Å². The average molecular weight is 432 g/mol. The average Bonchev–Trinajstić information content (AvgIpc) is 3.08. The number of methoxy groups -OCH3 is 1. The number of nitrogens with zero attached hydrogens (tertiary/aromatic N) is 2. The van der Waals surface area contributed by atoms with Crippen LogP contribution in [0.2, 0.25) is 5.02 Å². The van der Waals surface area contributed by atoms with Crippen molar-refractivity contribution < 1.29 is 23.2 Å². The summed E-state index contributed by atoms with van der Waals surface area (Å²) >= 11 is 6.13. The first-order valence-corrected chi connectivity index (χ1v) is 9.24. The van der Waals surface area contributed by atoms with Crippen LogP contribution in [0.5, 0.6) is 5.75 Å². The number of benzene rings is 2. The zero-order valence-corrected chi connectivity index (χ0v) is 17.5. The molecule has 2 amide bonds. The minimum absolute atomic E-state index is 0.0208. The van der Waals surface area contributed by atoms with Gasteiger partial charge in [-0.3, -0.25) is 9.59 Å². The maximum absolute atomic E-state index is 14.4. The Morgan fingerprint density at radius 3 is 2.60 bits per heavy atom. The van der Waals surface area contributed by atoms with E-state index in [1.54, 1.807) is 26.2 Å². The number of aromatic nitrogens is 1. The van der Waals surface area contributed by atoms with E-state index in [0.717, 1.165) is 0 Å². The second-order valence-electron chi connectivity index (χ2n) is 6.63. The summed E-state index contributed by atoms with van der Waals surface area (Å²) in [5.41, 5.74) is 0.586. The Hall–Kier alpha value is -3.39. The summed E-state index contributed by atoms with van der Waals surface area (Å²) in [5.74, 6) is -0.968. The van der Waals surface area contributed by atoms with Crippen molar-refractivity contribution in [3.05, 3.63) is 64.1 Å². The van der Waals surface area contributed by atoms with Gasteiger partial charge in [0.05, 0.1) is 23.4 Å². The molecule has 30 heavy (non-hydrogen) atoms. The minimum Gasteiger partial charge on any atom is -0.495 e. The van der Waals surface area contributed by atoms with E-state index in [1.807, 2.05) is 0 Å². The molecule has 0 fully saturated rings. The highest BCUT2D eigenvalue weighted by atomic mass is 35.5. The third-order valence-electron chi connectivity index (χ3n) is 4.39. The number of aryl methyl sites for hydroxylation is 1. The van der Waals surface area contributed by atoms with Crippen LogP contribution >= 0.6 is 11.6 Å². The van der Waals surface area contributed by atoms with Gasteiger partial charge in [-0.05, 0) is 37.3 Å². The maximum atomic E-state index is 14.4. The van der Waals surface area contributed by atoms with Gasteiger partial charge < -0.3 is 19.5 Å². The second-order valence-corrected chi connectivity index (χ2v) is 7.03. The van der Waals surface area contributed by atoms with Crippen LogP contribution in [0.4, 0.5) is 10.1 Å². The van der Waals surface area contributed by atoms with Crippen LogP contribution in [0.25, 0.3) is 11.3 Å². The van der Waals surface area contributed by atoms with Crippen LogP contribution in [0.3, 0.4) is 0 Å². The molecule has 9 heteroatoms. The third-order valence-corrected chi connectivity index (χ3v) is 4.71. The Bertz CT molecular complexity index is 1110. The summed E-state index contributed by atoms with van der Waals surface area (Å²) in [7, 11) is 4.68. The monoisotopic (exact) mass is 431 g/mol. The molecule has 2 aromatic carbocycles. The molecule has 0 aliphatic rings. The number of rotatable bonds is 5. The molecule has 7 nitrogen and oxygen atoms in total. The first kappa shape index (κ1) is 21.3. The van der Waals surface area contributed by atoms with Crippen LogP contribution in [0, 0.1) is 12.7 Å². The van der Waals surface area contributed by atoms with Crippen molar-refractivity contribution in [2.45, 2.75) is 6.92 Å². The normalized spacial score (nSPS) is 10.6. The Balaban J connectivity index is 2.03. The highest BCUT2D eigenvalue weighted by Gasteiger charge is 2.26. The standard InChI is InChI=1S/C21H19ClFN3O4/c1-11-17(19(25-30-11)18-13(22)6-5-7-14(18)23)20(27)24-15-10-12(21(28)26(2)3)8-9-16(15)29-4/h5-10H,1-4H3,(H,24,27). The van der Waals surface area contributed by atoms with Crippen LogP contribution in [0.15, 0.2) is 40.9 Å². The van der Waals surface area contributed by atoms with Gasteiger partial charge in [0.2, 0.25) is 0 Å². The van der Waals surface area contributed by atoms with Crippen LogP contribution in [-0.4, -0.2) is 43.1 Å². The number of anilines is 1. The summed E-state index contributed by atoms with van der Waals surface area (Å²) in [6.45, 7) is 1.53. The lowest BCUT2D eigenvalue weighted by Crippen LogP contribution is -2.22. The molecule has 0 saturated carbocycles. The van der Waals surface area contributed by atoms with E-state index < -0.39 is 11.7 Å². The molecule has 0 radical (unpaired) electrons. The molecular weight excluding hydrogens is 413 g/mol. The van der Waals surface area contributed by atoms with Gasteiger partial charge in [0.15, 0.2) is 0 Å². The second kappa shape index (κ2) is 8.54. The molecule has 0 spiro atoms. The fourth-order valence-corrected chi connectivity index (χ4v) is 3.17. The molecule has 0 bridgehead atoms. The SMILES string of the molecule is COc1ccc(C(=O)N(C)C)cc1NC(=O)c1c(-c2c(F)cccc2Cl)noc1C. The molecule has 1 N–H and O–H groups in total. The first-order valence-electron chi connectivity index (χ1n) is 8.86. The van der Waals surface area contributed by atoms with Crippen molar-refractivity contribution in [3.63, 3.8) is 0 Å². The van der Waals surface area contributed by atoms with Gasteiger partial charge >= 0.3 is 0 Å². The molecular formula is C21H19ClFN3O4. The molecule has 0 aliphatic heterocycles. The molecule has 0 aliphatic carbocycles. The van der Waals surface area contributed by atoms with Crippen molar-refractivity contribution in [2.75, 3.05) is 26.5 Å². The summed E-state index contributed by atoms with van der Waals surface area (Å²) in [6.07, 6.45) is 0. The van der Waals surface area contributed by atoms with E-state index in [1.165, 1.54) is 43.2 Å². The van der Waals surface area contributed by atoms with Gasteiger partial charge in [0.25, 0.3) is 11.8 Å². The molecule has 1 aromatic heterocycles. The number of amides is 2. The molecule has 0 saturated heterocycles. The predicted octanol–water partition coefficient (Wildman–Crippen LogP) is 4.41. The first-order chi connectivity index (χ1) is 14.2. The highest BCUT2D eigenvalue weighted by molar-refractivity contribution is 6.33. The van der Waals surface area contributed by atoms with E-state index in [-0.39, 0.29) is 39.2 Å². The van der Waals surface area contributed by atoms with Crippen LogP contribution in [0.1, 0.15) is 26.5 Å². The summed E-state index contributed by atoms with van der Waals surface area (Å²) < 4.78 is 24.8. The van der Waals surface area contributed by atoms with E-state index in [2.05, 4.69) is 10.5 Å². The van der Waals surface area contributed by atoms with Gasteiger partial charge in [-0.25, -0.2) is 4.39 Å². The molecule has 1 heterocycles. The Morgan fingerprint density at radius 1 is 1.23 bits per heavy atom. The quantitative estimate of drug-likeness (QED) is 0.647. The van der Waals surface area contributed by atoms with Gasteiger partial charge in [-0.15, -0.1) is 0 Å². The van der Waals surface area contributed by atoms with Crippen LogP contribution in [-0.2, 0) is 0 Å². The highest BCUT2D eigenvalue weighted by Crippen LogP contribution is 2.34. The number of nitrogens with one attached hydrogen (secondary N) is 1. The summed E-state index contributed by atoms with van der Waals surface area (Å²) in [4.78, 5) is 26.8. The van der Waals surface area contributed by atoms with Crippen molar-refractivity contribution in [1.82, 2.24) is 10.1 Å². The topological polar surface area (TPSA) is 84.7 Å². The number of halogens is 2. The number of ether oxygens (including phenoxy) is 1. The Kier molecular flexibility index (Phi) is 6.07. The number of carbonyl (C=O) groups is 2. The fraction of sp³-hybridized carbons (Fsp3) is 0.190. The Labute approximate surface area is 177 Å². The Morgan fingerprint density at radius 2 is 1.97 bits per heavy atom. The molecule has 0 unspecified atom stereocenters. The predicted molar refractivity (Wildman–Crippen MR) is 111 cm³/mol. The number of hydrogen-bond acceptors (Lipinski definition) is 5. The van der Waals surface area contributed by atoms with Crippen molar-refractivity contribution >= 4 is 29.1 Å². The lowest BCUT2D eigenvalue weighted by Gasteiger charge is -2.14. The van der Waals surface area contributed by atoms with Gasteiger partial charge in [0.1, 0.15) is 28.6 Å². The molecule has 0 atom stereocenters. The van der Waals surface area contributed by atoms with E-state index in [4.69, 9.17) is 20.9 Å². The van der Waals surface area contributed by atoms with E-state index in [9.17, 15) is 14.0 Å². The maximum Gasteiger partial charge on any atom is 0.261 e. The van der Waals surface area contributed by atoms with E-state index in [0.29, 0.717) is 11.3 Å². The van der Waals surface area contributed by atoms with Crippen molar-refractivity contribution in [1.29, 1.82) is 0 Å². The van der Waals surface area contributed by atoms with Gasteiger partial charge in [0, 0.05) is 19.7 Å². The smallest absolute Gasteiger partial charge is 0.261 e. The van der Waals surface area contributed by atoms with Gasteiger partial charge in [-0.2, -0.15) is 0 Å². The number of hydrogen-bond donors (Lipinski definition) is 1. The third kappa shape index (κ3) is 3.99. The molecule has 3 rings (SSSR count). The van der Waals surface area contributed by atoms with Crippen LogP contribution < -0.4 is 10.1 Å². The number of carbonyl (C=O) groups excluding carboxylic acids is 2.